The van der Waals surface area contributed by atoms with Crippen molar-refractivity contribution in [3.63, 3.8) is 0 Å². The van der Waals surface area contributed by atoms with Gasteiger partial charge in [0.05, 0.1) is 11.4 Å². The summed E-state index contributed by atoms with van der Waals surface area (Å²) < 4.78 is 9.63. The number of halogens is 1. The molecule has 0 bridgehead atoms. The summed E-state index contributed by atoms with van der Waals surface area (Å²) in [4.78, 5) is 18.5. The molecule has 1 aliphatic rings. The van der Waals surface area contributed by atoms with Crippen molar-refractivity contribution in [1.29, 1.82) is 0 Å². The molecule has 5 rings (SSSR count). The van der Waals surface area contributed by atoms with E-state index in [1.165, 1.54) is 11.3 Å². The fourth-order valence-electron chi connectivity index (χ4n) is 4.00. The molecule has 0 saturated carbocycles. The Labute approximate surface area is 187 Å². The van der Waals surface area contributed by atoms with E-state index in [1.807, 2.05) is 61.5 Å². The molecule has 1 atom stereocenters. The zero-order valence-electron chi connectivity index (χ0n) is 16.7. The predicted molar refractivity (Wildman–Crippen MR) is 119 cm³/mol. The summed E-state index contributed by atoms with van der Waals surface area (Å²) in [7, 11) is 0. The summed E-state index contributed by atoms with van der Waals surface area (Å²) in [5.41, 5.74) is 2.58. The molecule has 2 aromatic carbocycles. The van der Waals surface area contributed by atoms with Crippen molar-refractivity contribution in [2.75, 3.05) is 0 Å². The lowest BCUT2D eigenvalue weighted by atomic mass is 10.00. The van der Waals surface area contributed by atoms with E-state index in [0.29, 0.717) is 22.4 Å². The van der Waals surface area contributed by atoms with Gasteiger partial charge in [0.15, 0.2) is 16.6 Å². The molecule has 0 saturated heterocycles. The Morgan fingerprint density at radius 3 is 2.65 bits per heavy atom. The first-order valence-electron chi connectivity index (χ1n) is 9.87. The van der Waals surface area contributed by atoms with E-state index in [-0.39, 0.29) is 23.6 Å². The SMILES string of the molecule is CCn1c(O)c(-c2cccc(-c3ccccc3)c2)c(=O)[n+]2c1COC2c1cnc(Cl)s1. The van der Waals surface area contributed by atoms with Crippen LogP contribution in [0.4, 0.5) is 0 Å². The van der Waals surface area contributed by atoms with E-state index in [0.717, 1.165) is 16.0 Å². The summed E-state index contributed by atoms with van der Waals surface area (Å²) in [5.74, 6) is 0.554. The fourth-order valence-corrected chi connectivity index (χ4v) is 4.99. The van der Waals surface area contributed by atoms with Gasteiger partial charge < -0.3 is 9.84 Å². The first-order chi connectivity index (χ1) is 15.1. The number of aromatic nitrogens is 3. The smallest absolute Gasteiger partial charge is 0.351 e. The number of fused-ring (bicyclic) bond motifs is 1. The number of aromatic hydroxyl groups is 1. The van der Waals surface area contributed by atoms with Crippen LogP contribution >= 0.6 is 22.9 Å². The quantitative estimate of drug-likeness (QED) is 0.466. The highest BCUT2D eigenvalue weighted by molar-refractivity contribution is 7.15. The Morgan fingerprint density at radius 1 is 1.19 bits per heavy atom. The van der Waals surface area contributed by atoms with Crippen LogP contribution in [0.3, 0.4) is 0 Å². The lowest BCUT2D eigenvalue weighted by Crippen LogP contribution is -2.55. The number of thiazole rings is 1. The standard InChI is InChI=1S/C23H18ClN3O3S/c1-2-26-18-13-30-22(17-12-25-23(24)31-17)27(18)21(29)19(20(26)28)16-10-6-9-15(11-16)14-7-4-3-5-8-14/h3-12,22H,2,13H2,1H3/p+1. The molecule has 1 aliphatic heterocycles. The third-order valence-corrected chi connectivity index (χ3v) is 6.57. The first kappa shape index (κ1) is 19.9. The second-order valence-corrected chi connectivity index (χ2v) is 8.80. The molecule has 8 heteroatoms. The topological polar surface area (TPSA) is 68.2 Å². The van der Waals surface area contributed by atoms with Crippen LogP contribution in [-0.4, -0.2) is 14.7 Å². The van der Waals surface area contributed by atoms with Gasteiger partial charge in [0.2, 0.25) is 6.23 Å². The van der Waals surface area contributed by atoms with Crippen molar-refractivity contribution in [2.24, 2.45) is 0 Å². The van der Waals surface area contributed by atoms with Gasteiger partial charge in [-0.1, -0.05) is 60.1 Å². The summed E-state index contributed by atoms with van der Waals surface area (Å²) in [6.45, 7) is 2.62. The Hall–Kier alpha value is -3.00. The number of rotatable bonds is 4. The van der Waals surface area contributed by atoms with Crippen molar-refractivity contribution in [2.45, 2.75) is 26.3 Å². The van der Waals surface area contributed by atoms with Gasteiger partial charge in [0.1, 0.15) is 0 Å². The van der Waals surface area contributed by atoms with Crippen LogP contribution in [0.25, 0.3) is 22.3 Å². The lowest BCUT2D eigenvalue weighted by Gasteiger charge is -2.12. The Bertz CT molecular complexity index is 1330. The van der Waals surface area contributed by atoms with Crippen molar-refractivity contribution in [1.82, 2.24) is 9.55 Å². The zero-order valence-corrected chi connectivity index (χ0v) is 18.2. The van der Waals surface area contributed by atoms with Crippen LogP contribution in [0.2, 0.25) is 4.47 Å². The minimum atomic E-state index is -0.623. The molecule has 0 radical (unpaired) electrons. The number of hydrogen-bond donors (Lipinski definition) is 1. The highest BCUT2D eigenvalue weighted by Crippen LogP contribution is 2.33. The van der Waals surface area contributed by atoms with Crippen LogP contribution in [0.5, 0.6) is 5.88 Å². The van der Waals surface area contributed by atoms with E-state index in [4.69, 9.17) is 16.3 Å². The van der Waals surface area contributed by atoms with Gasteiger partial charge in [0, 0.05) is 6.20 Å². The molecule has 0 fully saturated rings. The van der Waals surface area contributed by atoms with Crippen LogP contribution in [0, 0.1) is 0 Å². The predicted octanol–water partition coefficient (Wildman–Crippen LogP) is 4.38. The Balaban J connectivity index is 1.72. The van der Waals surface area contributed by atoms with Gasteiger partial charge in [-0.2, -0.15) is 9.13 Å². The second kappa shape index (κ2) is 7.92. The second-order valence-electron chi connectivity index (χ2n) is 7.16. The highest BCUT2D eigenvalue weighted by Gasteiger charge is 2.40. The van der Waals surface area contributed by atoms with Gasteiger partial charge in [0.25, 0.3) is 11.7 Å². The molecule has 1 unspecified atom stereocenters. The molecule has 0 amide bonds. The van der Waals surface area contributed by atoms with Crippen molar-refractivity contribution in [3.05, 3.63) is 86.3 Å². The van der Waals surface area contributed by atoms with Crippen LogP contribution in [-0.2, 0) is 17.9 Å². The Morgan fingerprint density at radius 2 is 1.94 bits per heavy atom. The summed E-state index contributed by atoms with van der Waals surface area (Å²) in [6.07, 6.45) is 1.000. The molecule has 1 N–H and O–H groups in total. The van der Waals surface area contributed by atoms with Gasteiger partial charge in [-0.15, -0.1) is 11.3 Å². The molecule has 6 nitrogen and oxygen atoms in total. The average molecular weight is 453 g/mol. The van der Waals surface area contributed by atoms with E-state index >= 15 is 0 Å². The molecule has 31 heavy (non-hydrogen) atoms. The van der Waals surface area contributed by atoms with Crippen molar-refractivity contribution >= 4 is 22.9 Å². The molecule has 4 aromatic rings. The summed E-state index contributed by atoms with van der Waals surface area (Å²) in [5, 5.41) is 11.1. The number of nitrogens with zero attached hydrogens (tertiary/aromatic N) is 3. The average Bonchev–Trinajstić information content (AvgIpc) is 3.41. The van der Waals surface area contributed by atoms with E-state index in [9.17, 15) is 9.90 Å². The zero-order chi connectivity index (χ0) is 21.5. The van der Waals surface area contributed by atoms with Gasteiger partial charge in [-0.05, 0) is 29.7 Å². The summed E-state index contributed by atoms with van der Waals surface area (Å²) >= 11 is 7.29. The largest absolute Gasteiger partial charge is 0.477 e. The normalized spacial score (nSPS) is 15.2. The van der Waals surface area contributed by atoms with Crippen molar-refractivity contribution in [3.8, 4) is 28.1 Å². The Kier molecular flexibility index (Phi) is 5.09. The minimum absolute atomic E-state index is 0.0597. The molecule has 156 valence electrons. The maximum atomic E-state index is 13.6. The highest BCUT2D eigenvalue weighted by atomic mass is 35.5. The maximum Gasteiger partial charge on any atom is 0.351 e. The monoisotopic (exact) mass is 452 g/mol. The first-order valence-corrected chi connectivity index (χ1v) is 11.1. The van der Waals surface area contributed by atoms with Crippen LogP contribution < -0.4 is 10.1 Å². The minimum Gasteiger partial charge on any atom is -0.477 e. The fraction of sp³-hybridized carbons (Fsp3) is 0.174. The molecule has 0 aliphatic carbocycles. The summed E-state index contributed by atoms with van der Waals surface area (Å²) in [6, 6.07) is 17.6. The van der Waals surface area contributed by atoms with E-state index in [2.05, 4.69) is 4.98 Å². The van der Waals surface area contributed by atoms with Crippen LogP contribution in [0.1, 0.15) is 23.9 Å². The number of ether oxygens (including phenoxy) is 1. The molecule has 3 heterocycles. The molecular weight excluding hydrogens is 434 g/mol. The maximum absolute atomic E-state index is 13.6. The van der Waals surface area contributed by atoms with Gasteiger partial charge in [-0.3, -0.25) is 0 Å². The molecule has 0 spiro atoms. The lowest BCUT2D eigenvalue weighted by molar-refractivity contribution is -0.748. The number of benzene rings is 2. The van der Waals surface area contributed by atoms with E-state index < -0.39 is 6.23 Å². The third-order valence-electron chi connectivity index (χ3n) is 5.42. The van der Waals surface area contributed by atoms with Gasteiger partial charge in [-0.25, -0.2) is 9.78 Å². The third kappa shape index (κ3) is 3.35. The van der Waals surface area contributed by atoms with Gasteiger partial charge >= 0.3 is 5.56 Å². The van der Waals surface area contributed by atoms with E-state index in [1.54, 1.807) is 15.3 Å². The molecule has 2 aromatic heterocycles. The van der Waals surface area contributed by atoms with Crippen LogP contribution in [0.15, 0.2) is 65.6 Å². The molecular formula is C23H19ClN3O3S+. The van der Waals surface area contributed by atoms with Crippen molar-refractivity contribution < 1.29 is 14.4 Å². The number of hydrogen-bond acceptors (Lipinski definition) is 5.